The number of carbonyl (C=O) groups excluding carboxylic acids is 1. The van der Waals surface area contributed by atoms with Gasteiger partial charge in [0.15, 0.2) is 0 Å². The third-order valence-electron chi connectivity index (χ3n) is 4.62. The van der Waals surface area contributed by atoms with Crippen LogP contribution in [-0.4, -0.2) is 25.9 Å². The van der Waals surface area contributed by atoms with E-state index in [0.29, 0.717) is 28.0 Å². The number of H-pyrrole nitrogens is 1. The molecule has 2 heterocycles. The van der Waals surface area contributed by atoms with Crippen molar-refractivity contribution < 1.29 is 4.79 Å². The van der Waals surface area contributed by atoms with E-state index in [4.69, 9.17) is 16.9 Å². The fraction of sp³-hybridized carbons (Fsp3) is 0.263. The molecule has 0 unspecified atom stereocenters. The van der Waals surface area contributed by atoms with E-state index in [1.807, 2.05) is 13.0 Å². The van der Waals surface area contributed by atoms with Crippen molar-refractivity contribution in [1.82, 2.24) is 20.0 Å². The van der Waals surface area contributed by atoms with E-state index in [-0.39, 0.29) is 5.91 Å². The van der Waals surface area contributed by atoms with Crippen LogP contribution in [0.5, 0.6) is 0 Å². The second kappa shape index (κ2) is 6.89. The highest BCUT2D eigenvalue weighted by Gasteiger charge is 2.26. The zero-order valence-electron chi connectivity index (χ0n) is 14.6. The lowest BCUT2D eigenvalue weighted by molar-refractivity contribution is -0.117. The second-order valence-electron chi connectivity index (χ2n) is 6.72. The summed E-state index contributed by atoms with van der Waals surface area (Å²) in [7, 11) is 0. The van der Waals surface area contributed by atoms with Gasteiger partial charge < -0.3 is 5.32 Å². The molecule has 1 atom stereocenters. The maximum absolute atomic E-state index is 12.5. The van der Waals surface area contributed by atoms with Crippen LogP contribution >= 0.6 is 11.6 Å². The average molecular weight is 381 g/mol. The molecule has 0 spiro atoms. The Morgan fingerprint density at radius 1 is 1.41 bits per heavy atom. The summed E-state index contributed by atoms with van der Waals surface area (Å²) in [4.78, 5) is 12.5. The summed E-state index contributed by atoms with van der Waals surface area (Å²) in [6.45, 7) is 1.81. The van der Waals surface area contributed by atoms with Crippen molar-refractivity contribution in [3.63, 3.8) is 0 Å². The van der Waals surface area contributed by atoms with E-state index in [0.717, 1.165) is 24.1 Å². The molecule has 3 aromatic rings. The molecular weight excluding hydrogens is 364 g/mol. The van der Waals surface area contributed by atoms with Crippen molar-refractivity contribution in [2.75, 3.05) is 5.32 Å². The summed E-state index contributed by atoms with van der Waals surface area (Å²) in [6, 6.07) is 8.96. The Morgan fingerprint density at radius 2 is 2.22 bits per heavy atom. The Bertz CT molecular complexity index is 1040. The number of aromatic nitrogens is 4. The molecule has 1 aromatic carbocycles. The summed E-state index contributed by atoms with van der Waals surface area (Å²) in [6.07, 6.45) is 5.72. The molecule has 8 heteroatoms. The number of halogens is 1. The molecule has 4 rings (SSSR count). The standard InChI is InChI=1S/C19H17ClN6O/c1-11(19(27)23-18-7-17(24-25-18)13-2-3-13)14-9-22-26(10-14)16-5-12(8-21)4-15(20)6-16/h4-7,9-11,13H,2-3H2,1H3,(H2,23,24,25,27)/t11-/m1/s1. The van der Waals surface area contributed by atoms with E-state index in [2.05, 4.69) is 26.7 Å². The van der Waals surface area contributed by atoms with Gasteiger partial charge in [0, 0.05) is 28.8 Å². The van der Waals surface area contributed by atoms with Gasteiger partial charge in [-0.15, -0.1) is 0 Å². The molecule has 1 fully saturated rings. The average Bonchev–Trinajstić information content (AvgIpc) is 3.20. The highest BCUT2D eigenvalue weighted by atomic mass is 35.5. The van der Waals surface area contributed by atoms with Crippen LogP contribution in [0.1, 0.15) is 48.4 Å². The summed E-state index contributed by atoms with van der Waals surface area (Å²) in [5.74, 6) is 0.582. The third kappa shape index (κ3) is 3.71. The molecule has 0 radical (unpaired) electrons. The maximum Gasteiger partial charge on any atom is 0.232 e. The van der Waals surface area contributed by atoms with Crippen LogP contribution in [0.15, 0.2) is 36.7 Å². The Kier molecular flexibility index (Phi) is 4.42. The molecular formula is C19H17ClN6O. The number of hydrogen-bond donors (Lipinski definition) is 2. The minimum absolute atomic E-state index is 0.149. The van der Waals surface area contributed by atoms with Crippen molar-refractivity contribution in [2.45, 2.75) is 31.6 Å². The van der Waals surface area contributed by atoms with Gasteiger partial charge in [0.2, 0.25) is 5.91 Å². The fourth-order valence-corrected chi connectivity index (χ4v) is 3.08. The zero-order chi connectivity index (χ0) is 19.0. The summed E-state index contributed by atoms with van der Waals surface area (Å²) >= 11 is 6.05. The monoisotopic (exact) mass is 380 g/mol. The van der Waals surface area contributed by atoms with E-state index < -0.39 is 5.92 Å². The number of amides is 1. The van der Waals surface area contributed by atoms with Gasteiger partial charge in [0.25, 0.3) is 0 Å². The van der Waals surface area contributed by atoms with Gasteiger partial charge >= 0.3 is 0 Å². The van der Waals surface area contributed by atoms with Crippen LogP contribution in [0, 0.1) is 11.3 Å². The van der Waals surface area contributed by atoms with E-state index in [9.17, 15) is 4.79 Å². The van der Waals surface area contributed by atoms with Gasteiger partial charge in [-0.05, 0) is 38.0 Å². The van der Waals surface area contributed by atoms with E-state index >= 15 is 0 Å². The SMILES string of the molecule is C[C@@H](C(=O)Nc1cc(C2CC2)n[nH]1)c1cnn(-c2cc(Cl)cc(C#N)c2)c1. The molecule has 1 aliphatic carbocycles. The van der Waals surface area contributed by atoms with Crippen molar-refractivity contribution in [3.8, 4) is 11.8 Å². The predicted octanol–water partition coefficient (Wildman–Crippen LogP) is 3.74. The number of benzene rings is 1. The summed E-state index contributed by atoms with van der Waals surface area (Å²) in [5, 5.41) is 23.8. The zero-order valence-corrected chi connectivity index (χ0v) is 15.4. The number of nitrogens with zero attached hydrogens (tertiary/aromatic N) is 4. The lowest BCUT2D eigenvalue weighted by atomic mass is 10.0. The lowest BCUT2D eigenvalue weighted by Gasteiger charge is -2.09. The fourth-order valence-electron chi connectivity index (χ4n) is 2.85. The summed E-state index contributed by atoms with van der Waals surface area (Å²) in [5.41, 5.74) is 2.87. The van der Waals surface area contributed by atoms with Crippen LogP contribution in [0.2, 0.25) is 5.02 Å². The molecule has 7 nitrogen and oxygen atoms in total. The molecule has 1 amide bonds. The first kappa shape index (κ1) is 17.3. The Balaban J connectivity index is 1.49. The molecule has 1 saturated carbocycles. The van der Waals surface area contributed by atoms with Crippen molar-refractivity contribution >= 4 is 23.3 Å². The van der Waals surface area contributed by atoms with E-state index in [1.54, 1.807) is 35.3 Å². The smallest absolute Gasteiger partial charge is 0.232 e. The molecule has 0 bridgehead atoms. The molecule has 2 N–H and O–H groups in total. The Morgan fingerprint density at radius 3 is 2.96 bits per heavy atom. The number of rotatable bonds is 5. The molecule has 0 saturated heterocycles. The minimum Gasteiger partial charge on any atom is -0.311 e. The molecule has 2 aromatic heterocycles. The van der Waals surface area contributed by atoms with Crippen LogP contribution in [0.4, 0.5) is 5.82 Å². The van der Waals surface area contributed by atoms with Crippen LogP contribution in [0.25, 0.3) is 5.69 Å². The molecule has 0 aliphatic heterocycles. The number of aromatic amines is 1. The number of nitrogens with one attached hydrogen (secondary N) is 2. The van der Waals surface area contributed by atoms with Crippen molar-refractivity contribution in [3.05, 3.63) is 58.5 Å². The number of hydrogen-bond acceptors (Lipinski definition) is 4. The maximum atomic E-state index is 12.5. The lowest BCUT2D eigenvalue weighted by Crippen LogP contribution is -2.18. The van der Waals surface area contributed by atoms with Crippen LogP contribution < -0.4 is 5.32 Å². The topological polar surface area (TPSA) is 99.4 Å². The first-order chi connectivity index (χ1) is 13.0. The number of carbonyl (C=O) groups is 1. The summed E-state index contributed by atoms with van der Waals surface area (Å²) < 4.78 is 1.60. The number of anilines is 1. The van der Waals surface area contributed by atoms with Gasteiger partial charge in [-0.25, -0.2) is 4.68 Å². The Hall–Kier alpha value is -3.11. The largest absolute Gasteiger partial charge is 0.311 e. The van der Waals surface area contributed by atoms with Crippen LogP contribution in [0.3, 0.4) is 0 Å². The van der Waals surface area contributed by atoms with Gasteiger partial charge in [-0.2, -0.15) is 15.5 Å². The highest BCUT2D eigenvalue weighted by molar-refractivity contribution is 6.30. The number of nitriles is 1. The first-order valence-corrected chi connectivity index (χ1v) is 9.03. The van der Waals surface area contributed by atoms with Gasteiger partial charge in [-0.3, -0.25) is 9.89 Å². The molecule has 27 heavy (non-hydrogen) atoms. The molecule has 1 aliphatic rings. The van der Waals surface area contributed by atoms with Gasteiger partial charge in [-0.1, -0.05) is 11.6 Å². The van der Waals surface area contributed by atoms with E-state index in [1.165, 1.54) is 0 Å². The minimum atomic E-state index is -0.402. The Labute approximate surface area is 161 Å². The quantitative estimate of drug-likeness (QED) is 0.704. The third-order valence-corrected chi connectivity index (χ3v) is 4.84. The second-order valence-corrected chi connectivity index (χ2v) is 7.16. The van der Waals surface area contributed by atoms with Gasteiger partial charge in [0.05, 0.1) is 35.1 Å². The normalized spacial score (nSPS) is 14.6. The van der Waals surface area contributed by atoms with Gasteiger partial charge in [0.1, 0.15) is 5.82 Å². The van der Waals surface area contributed by atoms with Crippen molar-refractivity contribution in [1.29, 1.82) is 5.26 Å². The van der Waals surface area contributed by atoms with Crippen molar-refractivity contribution in [2.24, 2.45) is 0 Å². The first-order valence-electron chi connectivity index (χ1n) is 8.65. The molecule has 136 valence electrons. The van der Waals surface area contributed by atoms with Crippen LogP contribution in [-0.2, 0) is 4.79 Å². The predicted molar refractivity (Wildman–Crippen MR) is 101 cm³/mol. The highest BCUT2D eigenvalue weighted by Crippen LogP contribution is 2.39.